The molecule has 6 heteroatoms. The smallest absolute Gasteiger partial charge is 0.168 e. The van der Waals surface area contributed by atoms with Crippen molar-refractivity contribution in [3.63, 3.8) is 0 Å². The zero-order valence-corrected chi connectivity index (χ0v) is 10.7. The molecule has 0 saturated carbocycles. The maximum Gasteiger partial charge on any atom is 0.168 e. The molecule has 0 spiro atoms. The molecule has 98 valence electrons. The molecule has 0 bridgehead atoms. The summed E-state index contributed by atoms with van der Waals surface area (Å²) in [5.41, 5.74) is 0. The van der Waals surface area contributed by atoms with Crippen LogP contribution < -0.4 is 10.2 Å². The fraction of sp³-hybridized carbons (Fsp3) is 0.500. The lowest BCUT2D eigenvalue weighted by atomic mass is 10.2. The highest BCUT2D eigenvalue weighted by atomic mass is 19.1. The minimum absolute atomic E-state index is 0.00555. The Morgan fingerprint density at radius 1 is 1.44 bits per heavy atom. The van der Waals surface area contributed by atoms with Gasteiger partial charge in [0, 0.05) is 25.7 Å². The molecular formula is C12H16F2N4. The monoisotopic (exact) mass is 254 g/mol. The van der Waals surface area contributed by atoms with E-state index in [0.29, 0.717) is 6.54 Å². The van der Waals surface area contributed by atoms with E-state index in [4.69, 9.17) is 5.26 Å². The highest BCUT2D eigenvalue weighted by Gasteiger charge is 2.19. The predicted molar refractivity (Wildman–Crippen MR) is 66.4 cm³/mol. The van der Waals surface area contributed by atoms with E-state index in [1.165, 1.54) is 7.05 Å². The summed E-state index contributed by atoms with van der Waals surface area (Å²) in [6.07, 6.45) is 0.256. The van der Waals surface area contributed by atoms with Crippen molar-refractivity contribution in [3.8, 4) is 6.07 Å². The van der Waals surface area contributed by atoms with E-state index in [1.807, 2.05) is 19.9 Å². The number of hydrogen-bond donors (Lipinski definition) is 1. The van der Waals surface area contributed by atoms with Crippen molar-refractivity contribution < 1.29 is 8.78 Å². The van der Waals surface area contributed by atoms with Gasteiger partial charge >= 0.3 is 0 Å². The maximum absolute atomic E-state index is 13.7. The van der Waals surface area contributed by atoms with Crippen molar-refractivity contribution in [3.05, 3.63) is 17.7 Å². The fourth-order valence-electron chi connectivity index (χ4n) is 1.61. The molecule has 0 atom stereocenters. The Bertz CT molecular complexity index is 454. The molecular weight excluding hydrogens is 238 g/mol. The third-order valence-electron chi connectivity index (χ3n) is 2.51. The zero-order valence-electron chi connectivity index (χ0n) is 10.7. The van der Waals surface area contributed by atoms with Gasteiger partial charge in [0.1, 0.15) is 0 Å². The van der Waals surface area contributed by atoms with Crippen molar-refractivity contribution in [2.75, 3.05) is 23.8 Å². The molecule has 1 aromatic rings. The summed E-state index contributed by atoms with van der Waals surface area (Å²) < 4.78 is 27.1. The molecule has 1 N–H and O–H groups in total. The van der Waals surface area contributed by atoms with Gasteiger partial charge in [0.15, 0.2) is 23.3 Å². The second-order valence-corrected chi connectivity index (χ2v) is 4.07. The number of pyridine rings is 1. The van der Waals surface area contributed by atoms with Gasteiger partial charge in [0.25, 0.3) is 0 Å². The Kier molecular flexibility index (Phi) is 4.84. The van der Waals surface area contributed by atoms with Gasteiger partial charge in [0.05, 0.1) is 12.5 Å². The van der Waals surface area contributed by atoms with Gasteiger partial charge < -0.3 is 10.2 Å². The quantitative estimate of drug-likeness (QED) is 0.877. The van der Waals surface area contributed by atoms with Crippen LogP contribution in [-0.2, 0) is 0 Å². The molecule has 0 saturated heterocycles. The Morgan fingerprint density at radius 3 is 2.61 bits per heavy atom. The molecule has 0 aliphatic carbocycles. The molecule has 0 fully saturated rings. The number of hydrogen-bond acceptors (Lipinski definition) is 4. The summed E-state index contributed by atoms with van der Waals surface area (Å²) in [7, 11) is 1.52. The average molecular weight is 254 g/mol. The molecule has 1 rings (SSSR count). The van der Waals surface area contributed by atoms with E-state index in [-0.39, 0.29) is 24.1 Å². The minimum Gasteiger partial charge on any atom is -0.371 e. The highest BCUT2D eigenvalue weighted by molar-refractivity contribution is 5.49. The van der Waals surface area contributed by atoms with Gasteiger partial charge in [-0.3, -0.25) is 0 Å². The first-order valence-corrected chi connectivity index (χ1v) is 5.68. The van der Waals surface area contributed by atoms with Crippen molar-refractivity contribution >= 4 is 11.6 Å². The van der Waals surface area contributed by atoms with Crippen LogP contribution in [0.2, 0.25) is 0 Å². The second kappa shape index (κ2) is 6.15. The van der Waals surface area contributed by atoms with Crippen LogP contribution in [0.15, 0.2) is 6.07 Å². The molecule has 0 aromatic carbocycles. The van der Waals surface area contributed by atoms with Gasteiger partial charge in [-0.15, -0.1) is 0 Å². The highest BCUT2D eigenvalue weighted by Crippen LogP contribution is 2.23. The summed E-state index contributed by atoms with van der Waals surface area (Å²) in [5, 5.41) is 11.2. The summed E-state index contributed by atoms with van der Waals surface area (Å²) in [6.45, 7) is 4.08. The summed E-state index contributed by atoms with van der Waals surface area (Å²) in [4.78, 5) is 5.56. The minimum atomic E-state index is -0.734. The first-order valence-electron chi connectivity index (χ1n) is 5.68. The molecule has 0 aliphatic rings. The van der Waals surface area contributed by atoms with Crippen LogP contribution in [0.1, 0.15) is 20.3 Å². The summed E-state index contributed by atoms with van der Waals surface area (Å²) in [5.74, 6) is -1.40. The van der Waals surface area contributed by atoms with Crippen molar-refractivity contribution in [2.24, 2.45) is 0 Å². The number of nitrogens with one attached hydrogen (secondary N) is 1. The van der Waals surface area contributed by atoms with Crippen LogP contribution in [0.5, 0.6) is 0 Å². The van der Waals surface area contributed by atoms with E-state index >= 15 is 0 Å². The van der Waals surface area contributed by atoms with E-state index < -0.39 is 11.6 Å². The number of nitriles is 1. The lowest BCUT2D eigenvalue weighted by Gasteiger charge is -2.27. The third-order valence-corrected chi connectivity index (χ3v) is 2.51. The van der Waals surface area contributed by atoms with Crippen LogP contribution in [-0.4, -0.2) is 24.6 Å². The van der Waals surface area contributed by atoms with Crippen molar-refractivity contribution in [1.29, 1.82) is 5.26 Å². The molecule has 4 nitrogen and oxygen atoms in total. The van der Waals surface area contributed by atoms with Crippen molar-refractivity contribution in [1.82, 2.24) is 4.98 Å². The van der Waals surface area contributed by atoms with E-state index in [9.17, 15) is 8.78 Å². The Labute approximate surface area is 105 Å². The van der Waals surface area contributed by atoms with E-state index in [1.54, 1.807) is 4.90 Å². The molecule has 0 aliphatic heterocycles. The van der Waals surface area contributed by atoms with Gasteiger partial charge in [-0.1, -0.05) is 0 Å². The number of halogens is 2. The third kappa shape index (κ3) is 3.06. The molecule has 18 heavy (non-hydrogen) atoms. The van der Waals surface area contributed by atoms with Gasteiger partial charge in [0.2, 0.25) is 0 Å². The first kappa shape index (κ1) is 14.2. The fourth-order valence-corrected chi connectivity index (χ4v) is 1.61. The van der Waals surface area contributed by atoms with E-state index in [0.717, 1.165) is 6.07 Å². The molecule has 0 amide bonds. The largest absolute Gasteiger partial charge is 0.371 e. The normalized spacial score (nSPS) is 10.3. The summed E-state index contributed by atoms with van der Waals surface area (Å²) in [6, 6.07) is 2.77. The Morgan fingerprint density at radius 2 is 2.11 bits per heavy atom. The zero-order chi connectivity index (χ0) is 13.7. The van der Waals surface area contributed by atoms with Crippen LogP contribution in [0.3, 0.4) is 0 Å². The van der Waals surface area contributed by atoms with Crippen molar-refractivity contribution in [2.45, 2.75) is 26.3 Å². The van der Waals surface area contributed by atoms with Crippen LogP contribution in [0.25, 0.3) is 0 Å². The number of aromatic nitrogens is 1. The van der Waals surface area contributed by atoms with Crippen LogP contribution in [0, 0.1) is 23.0 Å². The number of rotatable bonds is 5. The topological polar surface area (TPSA) is 52.0 Å². The predicted octanol–water partition coefficient (Wildman–Crippen LogP) is 2.53. The Hall–Kier alpha value is -1.90. The number of nitrogens with zero attached hydrogens (tertiary/aromatic N) is 3. The first-order chi connectivity index (χ1) is 8.51. The summed E-state index contributed by atoms with van der Waals surface area (Å²) >= 11 is 0. The molecule has 0 radical (unpaired) electrons. The lowest BCUT2D eigenvalue weighted by molar-refractivity contribution is 0.560. The second-order valence-electron chi connectivity index (χ2n) is 4.07. The van der Waals surface area contributed by atoms with Gasteiger partial charge in [-0.2, -0.15) is 5.26 Å². The molecule has 1 aromatic heterocycles. The SMILES string of the molecule is CNc1nc(N(CCC#N)C(C)C)c(F)cc1F. The maximum atomic E-state index is 13.7. The van der Waals surface area contributed by atoms with Crippen LogP contribution in [0.4, 0.5) is 20.4 Å². The van der Waals surface area contributed by atoms with Gasteiger partial charge in [-0.25, -0.2) is 13.8 Å². The molecule has 1 heterocycles. The lowest BCUT2D eigenvalue weighted by Crippen LogP contribution is -2.33. The van der Waals surface area contributed by atoms with Crippen LogP contribution >= 0.6 is 0 Å². The number of anilines is 2. The molecule has 0 unspecified atom stereocenters. The van der Waals surface area contributed by atoms with Gasteiger partial charge in [-0.05, 0) is 13.8 Å². The Balaban J connectivity index is 3.15. The standard InChI is InChI=1S/C12H16F2N4/c1-8(2)18(6-4-5-15)12-10(14)7-9(13)11(16-3)17-12/h7-8H,4,6H2,1-3H3,(H,16,17). The van der Waals surface area contributed by atoms with E-state index in [2.05, 4.69) is 10.3 Å². The average Bonchev–Trinajstić information content (AvgIpc) is 2.31.